The summed E-state index contributed by atoms with van der Waals surface area (Å²) in [5.41, 5.74) is -1.94. The molecule has 12 heteroatoms. The Morgan fingerprint density at radius 2 is 2.04 bits per heavy atom. The molecule has 3 heterocycles. The van der Waals surface area contributed by atoms with E-state index in [0.717, 1.165) is 18.3 Å². The monoisotopic (exact) mass is 457 g/mol. The molecular formula is C16H15BrF3N7O. The Balaban J connectivity index is 1.65. The van der Waals surface area contributed by atoms with Crippen LogP contribution in [0.3, 0.4) is 0 Å². The number of halogens is 4. The highest BCUT2D eigenvalue weighted by Gasteiger charge is 2.51. The first-order valence-electron chi connectivity index (χ1n) is 8.01. The topological polar surface area (TPSA) is 101 Å². The van der Waals surface area contributed by atoms with E-state index >= 15 is 0 Å². The maximum absolute atomic E-state index is 13.0. The van der Waals surface area contributed by atoms with Crippen molar-refractivity contribution in [2.45, 2.75) is 32.0 Å². The Bertz CT molecular complexity index is 979. The van der Waals surface area contributed by atoms with E-state index in [2.05, 4.69) is 46.5 Å². The number of hydrogen-bond donors (Lipinski definition) is 2. The molecule has 148 valence electrons. The molecule has 2 N–H and O–H groups in total. The molecule has 0 bridgehead atoms. The number of nitrogens with one attached hydrogen (secondary N) is 2. The molecule has 0 aromatic carbocycles. The molecule has 0 aliphatic carbocycles. The summed E-state index contributed by atoms with van der Waals surface area (Å²) in [5, 5.41) is 12.7. The number of amides is 1. The third-order valence-electron chi connectivity index (χ3n) is 4.01. The Morgan fingerprint density at radius 3 is 2.68 bits per heavy atom. The molecule has 3 rings (SSSR count). The molecule has 3 aromatic heterocycles. The zero-order chi connectivity index (χ0) is 20.5. The van der Waals surface area contributed by atoms with E-state index in [1.165, 1.54) is 17.1 Å². The van der Waals surface area contributed by atoms with E-state index in [9.17, 15) is 18.0 Å². The summed E-state index contributed by atoms with van der Waals surface area (Å²) in [7, 11) is 0. The van der Waals surface area contributed by atoms with Gasteiger partial charge in [0.25, 0.3) is 5.91 Å². The molecular weight excluding hydrogens is 443 g/mol. The van der Waals surface area contributed by atoms with Gasteiger partial charge in [-0.1, -0.05) is 0 Å². The van der Waals surface area contributed by atoms with Crippen molar-refractivity contribution in [3.05, 3.63) is 52.4 Å². The molecule has 0 unspecified atom stereocenters. The largest absolute Gasteiger partial charge is 0.401 e. The van der Waals surface area contributed by atoms with Crippen LogP contribution in [0.5, 0.6) is 0 Å². The van der Waals surface area contributed by atoms with Gasteiger partial charge in [-0.25, -0.2) is 14.6 Å². The second-order valence-electron chi connectivity index (χ2n) is 6.42. The van der Waals surface area contributed by atoms with Crippen molar-refractivity contribution in [1.82, 2.24) is 35.3 Å². The highest BCUT2D eigenvalue weighted by Crippen LogP contribution is 2.38. The van der Waals surface area contributed by atoms with Gasteiger partial charge in [0.05, 0.1) is 18.3 Å². The van der Waals surface area contributed by atoms with Crippen molar-refractivity contribution in [3.8, 4) is 5.82 Å². The van der Waals surface area contributed by atoms with Gasteiger partial charge in [-0.2, -0.15) is 23.4 Å². The van der Waals surface area contributed by atoms with Crippen LogP contribution < -0.4 is 5.32 Å². The van der Waals surface area contributed by atoms with Crippen LogP contribution in [0.2, 0.25) is 0 Å². The second-order valence-corrected chi connectivity index (χ2v) is 7.34. The lowest BCUT2D eigenvalue weighted by Gasteiger charge is -2.24. The smallest absolute Gasteiger partial charge is 0.345 e. The molecule has 0 fully saturated rings. The number of H-pyrrole nitrogens is 1. The lowest BCUT2D eigenvalue weighted by molar-refractivity contribution is -0.182. The van der Waals surface area contributed by atoms with Crippen molar-refractivity contribution in [2.24, 2.45) is 0 Å². The summed E-state index contributed by atoms with van der Waals surface area (Å²) in [6.45, 7) is 1.87. The van der Waals surface area contributed by atoms with E-state index in [1.807, 2.05) is 0 Å². The predicted octanol–water partition coefficient (Wildman–Crippen LogP) is 2.92. The molecule has 0 aliphatic heterocycles. The fourth-order valence-electron chi connectivity index (χ4n) is 2.12. The molecule has 0 saturated heterocycles. The molecule has 0 saturated carbocycles. The van der Waals surface area contributed by atoms with Crippen LogP contribution in [0.15, 0.2) is 35.2 Å². The van der Waals surface area contributed by atoms with Crippen LogP contribution in [0.25, 0.3) is 5.82 Å². The fraction of sp³-hybridized carbons (Fsp3) is 0.312. The quantitative estimate of drug-likeness (QED) is 0.613. The number of nitrogens with zero attached hydrogens (tertiary/aromatic N) is 5. The predicted molar refractivity (Wildman–Crippen MR) is 95.7 cm³/mol. The zero-order valence-electron chi connectivity index (χ0n) is 14.8. The lowest BCUT2D eigenvalue weighted by atomic mass is 9.92. The van der Waals surface area contributed by atoms with E-state index < -0.39 is 23.3 Å². The normalized spacial score (nSPS) is 12.2. The summed E-state index contributed by atoms with van der Waals surface area (Å²) < 4.78 is 41.4. The van der Waals surface area contributed by atoms with Gasteiger partial charge in [-0.15, -0.1) is 0 Å². The minimum Gasteiger partial charge on any atom is -0.345 e. The summed E-state index contributed by atoms with van der Waals surface area (Å²) in [4.78, 5) is 20.3. The van der Waals surface area contributed by atoms with Crippen molar-refractivity contribution in [3.63, 3.8) is 0 Å². The standard InChI is InChI=1S/C16H15BrF3N7O/c1-15(2,16(18,19)20)14-24-11(25-26-14)7-22-13(28)9-5-23-27(8-9)12-4-3-10(17)6-21-12/h3-6,8H,7H2,1-2H3,(H,22,28)(H,24,25,26). The first kappa shape index (κ1) is 20.0. The van der Waals surface area contributed by atoms with Gasteiger partial charge in [0, 0.05) is 16.9 Å². The van der Waals surface area contributed by atoms with Crippen molar-refractivity contribution in [2.75, 3.05) is 0 Å². The van der Waals surface area contributed by atoms with Gasteiger partial charge >= 0.3 is 6.18 Å². The second kappa shape index (κ2) is 7.34. The summed E-state index contributed by atoms with van der Waals surface area (Å²) >= 11 is 3.28. The van der Waals surface area contributed by atoms with E-state index in [-0.39, 0.29) is 17.9 Å². The lowest BCUT2D eigenvalue weighted by Crippen LogP contribution is -2.37. The average Bonchev–Trinajstić information content (AvgIpc) is 3.29. The van der Waals surface area contributed by atoms with E-state index in [4.69, 9.17) is 0 Å². The molecule has 0 spiro atoms. The highest BCUT2D eigenvalue weighted by atomic mass is 79.9. The first-order chi connectivity index (χ1) is 13.1. The minimum atomic E-state index is -4.49. The number of aromatic amines is 1. The number of hydrogen-bond acceptors (Lipinski definition) is 5. The van der Waals surface area contributed by atoms with Gasteiger partial charge in [0.2, 0.25) is 0 Å². The third-order valence-corrected chi connectivity index (χ3v) is 4.48. The molecule has 0 atom stereocenters. The number of aromatic nitrogens is 6. The van der Waals surface area contributed by atoms with Crippen LogP contribution in [0.4, 0.5) is 13.2 Å². The third kappa shape index (κ3) is 4.06. The Kier molecular flexibility index (Phi) is 5.24. The summed E-state index contributed by atoms with van der Waals surface area (Å²) in [6, 6.07) is 3.50. The van der Waals surface area contributed by atoms with E-state index in [1.54, 1.807) is 18.3 Å². The molecule has 1 amide bonds. The number of alkyl halides is 3. The molecule has 8 nitrogen and oxygen atoms in total. The molecule has 0 aliphatic rings. The van der Waals surface area contributed by atoms with E-state index in [0.29, 0.717) is 5.82 Å². The van der Waals surface area contributed by atoms with Gasteiger partial charge in [0.1, 0.15) is 11.2 Å². The van der Waals surface area contributed by atoms with Crippen molar-refractivity contribution >= 4 is 21.8 Å². The highest BCUT2D eigenvalue weighted by molar-refractivity contribution is 9.10. The zero-order valence-corrected chi connectivity index (χ0v) is 16.3. The summed E-state index contributed by atoms with van der Waals surface area (Å²) in [6.07, 6.45) is -0.0478. The number of carbonyl (C=O) groups excluding carboxylic acids is 1. The van der Waals surface area contributed by atoms with Crippen molar-refractivity contribution in [1.29, 1.82) is 0 Å². The Hall–Kier alpha value is -2.76. The van der Waals surface area contributed by atoms with Gasteiger partial charge in [-0.3, -0.25) is 9.89 Å². The van der Waals surface area contributed by atoms with Crippen LogP contribution in [0, 0.1) is 0 Å². The first-order valence-corrected chi connectivity index (χ1v) is 8.80. The summed E-state index contributed by atoms with van der Waals surface area (Å²) in [5.74, 6) is -0.214. The van der Waals surface area contributed by atoms with Crippen LogP contribution >= 0.6 is 15.9 Å². The fourth-order valence-corrected chi connectivity index (χ4v) is 2.35. The maximum atomic E-state index is 13.0. The molecule has 3 aromatic rings. The minimum absolute atomic E-state index is 0.110. The maximum Gasteiger partial charge on any atom is 0.401 e. The van der Waals surface area contributed by atoms with Gasteiger partial charge in [0.15, 0.2) is 11.6 Å². The Labute approximate surface area is 165 Å². The van der Waals surface area contributed by atoms with Crippen LogP contribution in [0.1, 0.15) is 35.9 Å². The van der Waals surface area contributed by atoms with Gasteiger partial charge < -0.3 is 5.32 Å². The average molecular weight is 458 g/mol. The van der Waals surface area contributed by atoms with Crippen molar-refractivity contribution < 1.29 is 18.0 Å². The Morgan fingerprint density at radius 1 is 1.29 bits per heavy atom. The SMILES string of the molecule is CC(C)(c1n[nH]c(CNC(=O)c2cnn(-c3ccc(Br)cn3)c2)n1)C(F)(F)F. The molecule has 28 heavy (non-hydrogen) atoms. The van der Waals surface area contributed by atoms with Gasteiger partial charge in [-0.05, 0) is 41.9 Å². The molecule has 0 radical (unpaired) electrons. The number of carbonyl (C=O) groups is 1. The number of rotatable bonds is 5. The number of pyridine rings is 1. The van der Waals surface area contributed by atoms with Crippen LogP contribution in [-0.4, -0.2) is 42.0 Å². The van der Waals surface area contributed by atoms with Crippen LogP contribution in [-0.2, 0) is 12.0 Å².